The van der Waals surface area contributed by atoms with Gasteiger partial charge in [0.2, 0.25) is 5.76 Å². The van der Waals surface area contributed by atoms with Gasteiger partial charge in [0.15, 0.2) is 0 Å². The number of halogens is 1. The molecule has 0 aromatic carbocycles. The van der Waals surface area contributed by atoms with Gasteiger partial charge in [0.25, 0.3) is 0 Å². The van der Waals surface area contributed by atoms with Gasteiger partial charge in [0.1, 0.15) is 5.76 Å². The number of hydrogen-bond acceptors (Lipinski definition) is 4. The summed E-state index contributed by atoms with van der Waals surface area (Å²) in [6, 6.07) is 3.35. The van der Waals surface area contributed by atoms with Gasteiger partial charge in [0, 0.05) is 0 Å². The lowest BCUT2D eigenvalue weighted by molar-refractivity contribution is 0.0563. The lowest BCUT2D eigenvalue weighted by Crippen LogP contribution is -2.03. The molecule has 2 heterocycles. The van der Waals surface area contributed by atoms with Gasteiger partial charge in [-0.15, -0.1) is 0 Å². The second-order valence-corrected chi connectivity index (χ2v) is 4.69. The van der Waals surface area contributed by atoms with Gasteiger partial charge in [-0.3, -0.25) is 4.68 Å². The van der Waals surface area contributed by atoms with E-state index in [1.165, 1.54) is 7.11 Å². The highest BCUT2D eigenvalue weighted by Crippen LogP contribution is 2.21. The van der Waals surface area contributed by atoms with Crippen LogP contribution in [0.4, 0.5) is 0 Å². The van der Waals surface area contributed by atoms with Crippen molar-refractivity contribution in [2.24, 2.45) is 0 Å². The van der Waals surface area contributed by atoms with Crippen molar-refractivity contribution in [2.45, 2.75) is 20.4 Å². The molecule has 2 rings (SSSR count). The summed E-state index contributed by atoms with van der Waals surface area (Å²) in [5.41, 5.74) is 1.94. The molecule has 0 aliphatic heterocycles. The largest absolute Gasteiger partial charge is 0.463 e. The molecule has 0 amide bonds. The summed E-state index contributed by atoms with van der Waals surface area (Å²) in [6.07, 6.45) is 0. The Kier molecular flexibility index (Phi) is 3.56. The number of furan rings is 1. The molecule has 0 saturated heterocycles. The number of ether oxygens (including phenoxy) is 1. The maximum atomic E-state index is 11.3. The van der Waals surface area contributed by atoms with E-state index in [0.717, 1.165) is 15.9 Å². The second-order valence-electron chi connectivity index (χ2n) is 3.90. The highest BCUT2D eigenvalue weighted by atomic mass is 79.9. The van der Waals surface area contributed by atoms with Gasteiger partial charge < -0.3 is 9.15 Å². The topological polar surface area (TPSA) is 57.3 Å². The quantitative estimate of drug-likeness (QED) is 0.818. The first-order valence-corrected chi connectivity index (χ1v) is 6.18. The molecule has 0 unspecified atom stereocenters. The molecule has 0 atom stereocenters. The summed E-state index contributed by atoms with van der Waals surface area (Å²) < 4.78 is 12.8. The van der Waals surface area contributed by atoms with Crippen molar-refractivity contribution in [1.82, 2.24) is 9.78 Å². The minimum atomic E-state index is -0.476. The Labute approximate surface area is 113 Å². The zero-order valence-corrected chi connectivity index (χ0v) is 11.9. The fourth-order valence-corrected chi connectivity index (χ4v) is 1.93. The molecule has 2 aromatic rings. The van der Waals surface area contributed by atoms with Gasteiger partial charge in [-0.05, 0) is 41.9 Å². The summed E-state index contributed by atoms with van der Waals surface area (Å²) in [6.45, 7) is 4.37. The summed E-state index contributed by atoms with van der Waals surface area (Å²) >= 11 is 3.46. The lowest BCUT2D eigenvalue weighted by Gasteiger charge is -2.01. The average Bonchev–Trinajstić information content (AvgIpc) is 2.91. The fraction of sp³-hybridized carbons (Fsp3) is 0.333. The van der Waals surface area contributed by atoms with Crippen LogP contribution in [0.3, 0.4) is 0 Å². The van der Waals surface area contributed by atoms with Gasteiger partial charge in [-0.25, -0.2) is 4.79 Å². The Hall–Kier alpha value is -1.56. The van der Waals surface area contributed by atoms with Crippen molar-refractivity contribution in [3.63, 3.8) is 0 Å². The molecular weight excluding hydrogens is 300 g/mol. The van der Waals surface area contributed by atoms with E-state index >= 15 is 0 Å². The van der Waals surface area contributed by atoms with Crippen LogP contribution in [-0.4, -0.2) is 22.9 Å². The average molecular weight is 313 g/mol. The molecule has 5 nitrogen and oxygen atoms in total. The van der Waals surface area contributed by atoms with Crippen LogP contribution in [0.15, 0.2) is 21.0 Å². The van der Waals surface area contributed by atoms with E-state index in [2.05, 4.69) is 25.8 Å². The summed E-state index contributed by atoms with van der Waals surface area (Å²) in [5, 5.41) is 4.37. The van der Waals surface area contributed by atoms with Crippen LogP contribution in [0, 0.1) is 13.8 Å². The van der Waals surface area contributed by atoms with Crippen LogP contribution in [0.1, 0.15) is 27.7 Å². The van der Waals surface area contributed by atoms with Crippen molar-refractivity contribution in [3.05, 3.63) is 39.5 Å². The highest BCUT2D eigenvalue weighted by Gasteiger charge is 2.14. The smallest absolute Gasteiger partial charge is 0.373 e. The summed E-state index contributed by atoms with van der Waals surface area (Å²) in [7, 11) is 1.32. The standard InChI is InChI=1S/C12H13BrN2O3/c1-7-11(13)8(2)15(14-7)6-9-4-5-10(18-9)12(16)17-3/h4-5H,6H2,1-3H3. The highest BCUT2D eigenvalue weighted by molar-refractivity contribution is 9.10. The number of rotatable bonds is 3. The number of methoxy groups -OCH3 is 1. The normalized spacial score (nSPS) is 10.7. The minimum absolute atomic E-state index is 0.202. The lowest BCUT2D eigenvalue weighted by atomic mass is 10.4. The predicted molar refractivity (Wildman–Crippen MR) is 68.6 cm³/mol. The number of aryl methyl sites for hydroxylation is 1. The molecule has 0 aliphatic rings. The van der Waals surface area contributed by atoms with Crippen molar-refractivity contribution in [3.8, 4) is 0 Å². The molecule has 0 N–H and O–H groups in total. The van der Waals surface area contributed by atoms with Gasteiger partial charge in [-0.2, -0.15) is 5.10 Å². The maximum absolute atomic E-state index is 11.3. The second kappa shape index (κ2) is 4.97. The Balaban J connectivity index is 2.21. The van der Waals surface area contributed by atoms with Crippen molar-refractivity contribution < 1.29 is 13.9 Å². The van der Waals surface area contributed by atoms with Gasteiger partial charge >= 0.3 is 5.97 Å². The SMILES string of the molecule is COC(=O)c1ccc(Cn2nc(C)c(Br)c2C)o1. The molecule has 0 saturated carbocycles. The molecule has 0 spiro atoms. The monoisotopic (exact) mass is 312 g/mol. The van der Waals surface area contributed by atoms with Crippen LogP contribution >= 0.6 is 15.9 Å². The third-order valence-corrected chi connectivity index (χ3v) is 3.79. The fourth-order valence-electron chi connectivity index (χ4n) is 1.65. The molecule has 18 heavy (non-hydrogen) atoms. The first-order chi connectivity index (χ1) is 8.52. The number of esters is 1. The van der Waals surface area contributed by atoms with Gasteiger partial charge in [0.05, 0.1) is 29.5 Å². The number of hydrogen-bond donors (Lipinski definition) is 0. The van der Waals surface area contributed by atoms with Crippen LogP contribution in [-0.2, 0) is 11.3 Å². The molecule has 6 heteroatoms. The summed E-state index contributed by atoms with van der Waals surface area (Å²) in [4.78, 5) is 11.3. The van der Waals surface area contributed by atoms with E-state index in [0.29, 0.717) is 12.3 Å². The molecule has 0 bridgehead atoms. The van der Waals surface area contributed by atoms with Crippen molar-refractivity contribution >= 4 is 21.9 Å². The van der Waals surface area contributed by atoms with E-state index in [9.17, 15) is 4.79 Å². The third kappa shape index (κ3) is 2.33. The molecular formula is C12H13BrN2O3. The van der Waals surface area contributed by atoms with E-state index in [1.54, 1.807) is 12.1 Å². The van der Waals surface area contributed by atoms with Crippen LogP contribution in [0.25, 0.3) is 0 Å². The van der Waals surface area contributed by atoms with E-state index in [4.69, 9.17) is 4.42 Å². The van der Waals surface area contributed by atoms with Crippen LogP contribution in [0.5, 0.6) is 0 Å². The molecule has 2 aromatic heterocycles. The maximum Gasteiger partial charge on any atom is 0.373 e. The molecule has 96 valence electrons. The Morgan fingerprint density at radius 2 is 2.22 bits per heavy atom. The van der Waals surface area contributed by atoms with Crippen LogP contribution < -0.4 is 0 Å². The van der Waals surface area contributed by atoms with E-state index in [-0.39, 0.29) is 5.76 Å². The predicted octanol–water partition coefficient (Wildman–Crippen LogP) is 2.69. The van der Waals surface area contributed by atoms with Crippen molar-refractivity contribution in [2.75, 3.05) is 7.11 Å². The van der Waals surface area contributed by atoms with E-state index in [1.807, 2.05) is 18.5 Å². The van der Waals surface area contributed by atoms with Gasteiger partial charge in [-0.1, -0.05) is 0 Å². The zero-order chi connectivity index (χ0) is 13.3. The number of carbonyl (C=O) groups is 1. The van der Waals surface area contributed by atoms with Crippen LogP contribution in [0.2, 0.25) is 0 Å². The molecule has 0 radical (unpaired) electrons. The Morgan fingerprint density at radius 3 is 2.78 bits per heavy atom. The third-order valence-electron chi connectivity index (χ3n) is 2.65. The first kappa shape index (κ1) is 12.9. The molecule has 0 fully saturated rings. The number of carbonyl (C=O) groups excluding carboxylic acids is 1. The Morgan fingerprint density at radius 1 is 1.50 bits per heavy atom. The van der Waals surface area contributed by atoms with E-state index < -0.39 is 5.97 Å². The summed E-state index contributed by atoms with van der Waals surface area (Å²) in [5.74, 6) is 0.386. The zero-order valence-electron chi connectivity index (χ0n) is 10.4. The number of nitrogens with zero attached hydrogens (tertiary/aromatic N) is 2. The Bertz CT molecular complexity index is 586. The minimum Gasteiger partial charge on any atom is -0.463 e. The molecule has 0 aliphatic carbocycles. The first-order valence-electron chi connectivity index (χ1n) is 5.39. The number of aromatic nitrogens is 2. The van der Waals surface area contributed by atoms with Crippen molar-refractivity contribution in [1.29, 1.82) is 0 Å².